The zero-order chi connectivity index (χ0) is 13.1. The molecule has 2 aromatic rings. The first-order chi connectivity index (χ1) is 8.65. The average Bonchev–Trinajstić information content (AvgIpc) is 2.71. The Morgan fingerprint density at radius 1 is 1.39 bits per heavy atom. The molecule has 1 aromatic carbocycles. The molecule has 96 valence electrons. The third-order valence-electron chi connectivity index (χ3n) is 2.68. The Labute approximate surface area is 111 Å². The Hall–Kier alpha value is -1.59. The second-order valence-electron chi connectivity index (χ2n) is 3.98. The van der Waals surface area contributed by atoms with Gasteiger partial charge in [-0.05, 0) is 44.5 Å². The van der Waals surface area contributed by atoms with E-state index in [0.29, 0.717) is 6.61 Å². The lowest BCUT2D eigenvalue weighted by molar-refractivity contribution is 0.340. The maximum absolute atomic E-state index is 5.48. The van der Waals surface area contributed by atoms with E-state index in [1.807, 2.05) is 32.0 Å². The molecule has 1 heterocycles. The molecule has 0 atom stereocenters. The Morgan fingerprint density at radius 3 is 2.72 bits per heavy atom. The Kier molecular flexibility index (Phi) is 3.84. The molecule has 2 rings (SSSR count). The molecule has 0 bridgehead atoms. The number of nitrogen functional groups attached to an aromatic ring is 1. The quantitative estimate of drug-likeness (QED) is 0.657. The van der Waals surface area contributed by atoms with Crippen LogP contribution in [0.1, 0.15) is 17.4 Å². The van der Waals surface area contributed by atoms with Gasteiger partial charge in [-0.3, -0.25) is 5.43 Å². The van der Waals surface area contributed by atoms with Crippen LogP contribution in [0.3, 0.4) is 0 Å². The summed E-state index contributed by atoms with van der Waals surface area (Å²) in [5, 5.41) is 0.732. The zero-order valence-corrected chi connectivity index (χ0v) is 11.6. The summed E-state index contributed by atoms with van der Waals surface area (Å²) in [6, 6.07) is 6.05. The minimum Gasteiger partial charge on any atom is -0.494 e. The Morgan fingerprint density at radius 2 is 2.17 bits per heavy atom. The molecular formula is C13H17N3OS. The van der Waals surface area contributed by atoms with E-state index in [4.69, 9.17) is 10.6 Å². The number of hydrazine groups is 1. The average molecular weight is 263 g/mol. The van der Waals surface area contributed by atoms with E-state index < -0.39 is 0 Å². The van der Waals surface area contributed by atoms with Gasteiger partial charge in [0.15, 0.2) is 5.13 Å². The molecule has 0 fully saturated rings. The molecule has 3 N–H and O–H groups in total. The van der Waals surface area contributed by atoms with Gasteiger partial charge in [0.25, 0.3) is 0 Å². The van der Waals surface area contributed by atoms with E-state index in [9.17, 15) is 0 Å². The predicted molar refractivity (Wildman–Crippen MR) is 76.0 cm³/mol. The van der Waals surface area contributed by atoms with Crippen molar-refractivity contribution >= 4 is 16.5 Å². The molecule has 0 spiro atoms. The number of ether oxygens (including phenoxy) is 1. The van der Waals surface area contributed by atoms with Gasteiger partial charge >= 0.3 is 0 Å². The summed E-state index contributed by atoms with van der Waals surface area (Å²) in [4.78, 5) is 5.62. The number of hydrogen-bond acceptors (Lipinski definition) is 5. The van der Waals surface area contributed by atoms with Gasteiger partial charge in [-0.25, -0.2) is 10.8 Å². The van der Waals surface area contributed by atoms with Crippen LogP contribution in [0, 0.1) is 13.8 Å². The SMILES string of the molecule is CCOc1ccc(-c2nc(NN)sc2C)c(C)c1. The summed E-state index contributed by atoms with van der Waals surface area (Å²) in [6.07, 6.45) is 0. The Bertz CT molecular complexity index is 551. The van der Waals surface area contributed by atoms with Crippen LogP contribution >= 0.6 is 11.3 Å². The molecule has 4 nitrogen and oxygen atoms in total. The van der Waals surface area contributed by atoms with Crippen LogP contribution in [0.25, 0.3) is 11.3 Å². The van der Waals surface area contributed by atoms with E-state index in [2.05, 4.69) is 17.3 Å². The second-order valence-corrected chi connectivity index (χ2v) is 5.18. The van der Waals surface area contributed by atoms with E-state index in [1.165, 1.54) is 0 Å². The van der Waals surface area contributed by atoms with Gasteiger partial charge in [-0.15, -0.1) is 11.3 Å². The van der Waals surface area contributed by atoms with Gasteiger partial charge in [-0.1, -0.05) is 0 Å². The highest BCUT2D eigenvalue weighted by Crippen LogP contribution is 2.33. The first-order valence-electron chi connectivity index (χ1n) is 5.83. The lowest BCUT2D eigenvalue weighted by Crippen LogP contribution is -2.05. The van der Waals surface area contributed by atoms with Crippen molar-refractivity contribution in [3.63, 3.8) is 0 Å². The maximum atomic E-state index is 5.48. The number of aryl methyl sites for hydroxylation is 2. The van der Waals surface area contributed by atoms with E-state index in [-0.39, 0.29) is 0 Å². The number of benzene rings is 1. The summed E-state index contributed by atoms with van der Waals surface area (Å²) in [5.74, 6) is 6.28. The smallest absolute Gasteiger partial charge is 0.197 e. The molecule has 5 heteroatoms. The third-order valence-corrected chi connectivity index (χ3v) is 3.59. The van der Waals surface area contributed by atoms with Crippen molar-refractivity contribution in [1.29, 1.82) is 0 Å². The minimum absolute atomic E-state index is 0.676. The fraction of sp³-hybridized carbons (Fsp3) is 0.308. The molecule has 0 saturated carbocycles. The number of nitrogens with two attached hydrogens (primary N) is 1. The summed E-state index contributed by atoms with van der Waals surface area (Å²) in [7, 11) is 0. The lowest BCUT2D eigenvalue weighted by Gasteiger charge is -2.08. The first kappa shape index (κ1) is 12.9. The normalized spacial score (nSPS) is 10.4. The standard InChI is InChI=1S/C13H17N3OS/c1-4-17-10-5-6-11(8(2)7-10)12-9(3)18-13(15-12)16-14/h5-7H,4,14H2,1-3H3,(H,15,16). The van der Waals surface area contributed by atoms with Gasteiger partial charge in [0.1, 0.15) is 5.75 Å². The molecule has 0 aliphatic heterocycles. The van der Waals surface area contributed by atoms with Gasteiger partial charge < -0.3 is 4.74 Å². The van der Waals surface area contributed by atoms with E-state index in [1.54, 1.807) is 11.3 Å². The van der Waals surface area contributed by atoms with E-state index in [0.717, 1.165) is 32.6 Å². The summed E-state index contributed by atoms with van der Waals surface area (Å²) in [5.41, 5.74) is 5.84. The van der Waals surface area contributed by atoms with Gasteiger partial charge in [0.2, 0.25) is 0 Å². The molecule has 0 radical (unpaired) electrons. The monoisotopic (exact) mass is 263 g/mol. The number of thiazole rings is 1. The van der Waals surface area contributed by atoms with Crippen molar-refractivity contribution in [2.24, 2.45) is 5.84 Å². The van der Waals surface area contributed by atoms with Crippen LogP contribution in [0.2, 0.25) is 0 Å². The number of hydrogen-bond donors (Lipinski definition) is 2. The summed E-state index contributed by atoms with van der Waals surface area (Å²) >= 11 is 1.55. The van der Waals surface area contributed by atoms with Crippen LogP contribution in [0.4, 0.5) is 5.13 Å². The summed E-state index contributed by atoms with van der Waals surface area (Å²) < 4.78 is 5.48. The molecular weight excluding hydrogens is 246 g/mol. The molecule has 0 saturated heterocycles. The minimum atomic E-state index is 0.676. The number of nitrogens with one attached hydrogen (secondary N) is 1. The van der Waals surface area contributed by atoms with Crippen molar-refractivity contribution in [3.05, 3.63) is 28.6 Å². The van der Waals surface area contributed by atoms with Crippen molar-refractivity contribution in [2.75, 3.05) is 12.0 Å². The molecule has 1 aromatic heterocycles. The molecule has 0 aliphatic carbocycles. The van der Waals surface area contributed by atoms with E-state index >= 15 is 0 Å². The van der Waals surface area contributed by atoms with Gasteiger partial charge in [-0.2, -0.15) is 0 Å². The highest BCUT2D eigenvalue weighted by atomic mass is 32.1. The van der Waals surface area contributed by atoms with Crippen molar-refractivity contribution in [2.45, 2.75) is 20.8 Å². The molecule has 0 amide bonds. The van der Waals surface area contributed by atoms with Gasteiger partial charge in [0.05, 0.1) is 12.3 Å². The topological polar surface area (TPSA) is 60.2 Å². The molecule has 0 aliphatic rings. The van der Waals surface area contributed by atoms with Crippen LogP contribution < -0.4 is 16.0 Å². The third kappa shape index (κ3) is 2.47. The number of rotatable bonds is 4. The molecule has 18 heavy (non-hydrogen) atoms. The fourth-order valence-corrected chi connectivity index (χ4v) is 2.60. The number of aromatic nitrogens is 1. The van der Waals surface area contributed by atoms with Crippen LogP contribution in [0.5, 0.6) is 5.75 Å². The van der Waals surface area contributed by atoms with Crippen molar-refractivity contribution in [3.8, 4) is 17.0 Å². The number of nitrogens with zero attached hydrogens (tertiary/aromatic N) is 1. The summed E-state index contributed by atoms with van der Waals surface area (Å²) in [6.45, 7) is 6.76. The maximum Gasteiger partial charge on any atom is 0.197 e. The lowest BCUT2D eigenvalue weighted by atomic mass is 10.0. The Balaban J connectivity index is 2.41. The van der Waals surface area contributed by atoms with Crippen LogP contribution in [-0.2, 0) is 0 Å². The zero-order valence-electron chi connectivity index (χ0n) is 10.8. The highest BCUT2D eigenvalue weighted by molar-refractivity contribution is 7.15. The first-order valence-corrected chi connectivity index (χ1v) is 6.65. The highest BCUT2D eigenvalue weighted by Gasteiger charge is 2.11. The largest absolute Gasteiger partial charge is 0.494 e. The van der Waals surface area contributed by atoms with Crippen molar-refractivity contribution < 1.29 is 4.74 Å². The fourth-order valence-electron chi connectivity index (χ4n) is 1.87. The second kappa shape index (κ2) is 5.37. The van der Waals surface area contributed by atoms with Crippen molar-refractivity contribution in [1.82, 2.24) is 4.98 Å². The molecule has 0 unspecified atom stereocenters. The predicted octanol–water partition coefficient (Wildman–Crippen LogP) is 3.11. The number of anilines is 1. The van der Waals surface area contributed by atoms with Gasteiger partial charge in [0, 0.05) is 10.4 Å². The van der Waals surface area contributed by atoms with Crippen LogP contribution in [-0.4, -0.2) is 11.6 Å². The van der Waals surface area contributed by atoms with Crippen LogP contribution in [0.15, 0.2) is 18.2 Å².